The van der Waals surface area contributed by atoms with E-state index in [9.17, 15) is 0 Å². The van der Waals surface area contributed by atoms with Crippen molar-refractivity contribution >= 4 is 23.2 Å². The van der Waals surface area contributed by atoms with Gasteiger partial charge in [-0.05, 0) is 49.0 Å². The Morgan fingerprint density at radius 1 is 0.810 bits per heavy atom. The second-order valence-corrected chi connectivity index (χ2v) is 7.68. The molecule has 0 nitrogen and oxygen atoms in total. The molecule has 0 atom stereocenters. The fourth-order valence-corrected chi connectivity index (χ4v) is 5.18. The molecule has 2 aliphatic rings. The average Bonchev–Trinajstić information content (AvgIpc) is 2.84. The predicted octanol–water partition coefficient (Wildman–Crippen LogP) is 7.26. The summed E-state index contributed by atoms with van der Waals surface area (Å²) in [6, 6.07) is 0. The van der Waals surface area contributed by atoms with Gasteiger partial charge in [-0.2, -0.15) is 0 Å². The summed E-state index contributed by atoms with van der Waals surface area (Å²) in [5.74, 6) is 0. The maximum atomic E-state index is 6.50. The molecule has 0 unspecified atom stereocenters. The molecule has 2 rings (SSSR count). The normalized spacial score (nSPS) is 20.6. The summed E-state index contributed by atoms with van der Waals surface area (Å²) in [7, 11) is 0. The van der Waals surface area contributed by atoms with Crippen molar-refractivity contribution in [2.45, 2.75) is 67.2 Å². The predicted molar refractivity (Wildman–Crippen MR) is 94.8 cm³/mol. The van der Waals surface area contributed by atoms with Crippen LogP contribution in [0.1, 0.15) is 67.2 Å². The van der Waals surface area contributed by atoms with Crippen LogP contribution >= 0.6 is 23.2 Å². The van der Waals surface area contributed by atoms with Crippen LogP contribution in [-0.4, -0.2) is 0 Å². The highest BCUT2D eigenvalue weighted by Gasteiger charge is 2.39. The topological polar surface area (TPSA) is 0 Å². The Kier molecular flexibility index (Phi) is 4.81. The monoisotopic (exact) mass is 324 g/mol. The van der Waals surface area contributed by atoms with Crippen LogP contribution in [0.2, 0.25) is 0 Å². The summed E-state index contributed by atoms with van der Waals surface area (Å²) < 4.78 is 0. The van der Waals surface area contributed by atoms with Gasteiger partial charge < -0.3 is 0 Å². The highest BCUT2D eigenvalue weighted by molar-refractivity contribution is 6.31. The van der Waals surface area contributed by atoms with E-state index in [1.165, 1.54) is 33.4 Å². The van der Waals surface area contributed by atoms with Gasteiger partial charge in [-0.3, -0.25) is 0 Å². The van der Waals surface area contributed by atoms with Gasteiger partial charge in [-0.25, -0.2) is 0 Å². The van der Waals surface area contributed by atoms with E-state index in [2.05, 4.69) is 41.5 Å². The zero-order valence-electron chi connectivity index (χ0n) is 14.1. The molecule has 0 N–H and O–H groups in total. The lowest BCUT2D eigenvalue weighted by Crippen LogP contribution is -2.21. The second-order valence-electron chi connectivity index (χ2n) is 6.76. The summed E-state index contributed by atoms with van der Waals surface area (Å²) in [5.41, 5.74) is 8.40. The average molecular weight is 325 g/mol. The number of allylic oxidation sites excluding steroid dienone is 8. The zero-order chi connectivity index (χ0) is 15.9. The number of hydrogen-bond acceptors (Lipinski definition) is 0. The molecule has 0 aromatic carbocycles. The summed E-state index contributed by atoms with van der Waals surface area (Å²) in [4.78, 5) is 0. The maximum Gasteiger partial charge on any atom is 0.0256 e. The van der Waals surface area contributed by atoms with Crippen LogP contribution in [0.25, 0.3) is 0 Å². The van der Waals surface area contributed by atoms with Crippen molar-refractivity contribution in [1.29, 1.82) is 0 Å². The number of halogens is 2. The Labute approximate surface area is 139 Å². The Morgan fingerprint density at radius 3 is 1.43 bits per heavy atom. The molecule has 0 aromatic rings. The SMILES string of the molecule is CCC1=C(Cl)CC(C)=C1C(C)(C)C1=C(C)CC(Cl)=C1CC. The minimum Gasteiger partial charge on any atom is -0.0885 e. The molecule has 0 radical (unpaired) electrons. The summed E-state index contributed by atoms with van der Waals surface area (Å²) in [6.45, 7) is 13.5. The first kappa shape index (κ1) is 16.9. The standard InChI is InChI=1S/C19H26Cl2/c1-7-13-15(20)9-11(3)17(13)19(5,6)18-12(4)10-16(21)14(18)8-2/h7-10H2,1-6H3. The third-order valence-electron chi connectivity index (χ3n) is 4.91. The highest BCUT2D eigenvalue weighted by atomic mass is 35.5. The third-order valence-corrected chi connectivity index (χ3v) is 5.63. The van der Waals surface area contributed by atoms with Gasteiger partial charge in [0.1, 0.15) is 0 Å². The molecule has 116 valence electrons. The smallest absolute Gasteiger partial charge is 0.0256 e. The lowest BCUT2D eigenvalue weighted by molar-refractivity contribution is 0.538. The molecule has 0 bridgehead atoms. The molecular weight excluding hydrogens is 299 g/mol. The Bertz CT molecular complexity index is 543. The largest absolute Gasteiger partial charge is 0.0885 e. The zero-order valence-corrected chi connectivity index (χ0v) is 15.6. The third kappa shape index (κ3) is 2.66. The van der Waals surface area contributed by atoms with E-state index in [1.54, 1.807) is 0 Å². The molecule has 0 aromatic heterocycles. The van der Waals surface area contributed by atoms with Crippen LogP contribution in [0.4, 0.5) is 0 Å². The maximum absolute atomic E-state index is 6.50. The van der Waals surface area contributed by atoms with Crippen molar-refractivity contribution < 1.29 is 0 Å². The molecular formula is C19H26Cl2. The summed E-state index contributed by atoms with van der Waals surface area (Å²) in [6.07, 6.45) is 3.82. The van der Waals surface area contributed by atoms with Crippen LogP contribution in [0.3, 0.4) is 0 Å². The molecule has 0 amide bonds. The second kappa shape index (κ2) is 5.97. The van der Waals surface area contributed by atoms with Crippen LogP contribution in [0.15, 0.2) is 43.5 Å². The first-order valence-corrected chi connectivity index (χ1v) is 8.67. The molecule has 0 fully saturated rings. The van der Waals surface area contributed by atoms with Crippen molar-refractivity contribution in [1.82, 2.24) is 0 Å². The molecule has 0 heterocycles. The lowest BCUT2D eigenvalue weighted by Gasteiger charge is -2.34. The molecule has 0 saturated carbocycles. The van der Waals surface area contributed by atoms with Crippen LogP contribution in [0.5, 0.6) is 0 Å². The molecule has 2 aliphatic carbocycles. The fraction of sp³-hybridized carbons (Fsp3) is 0.579. The number of rotatable bonds is 4. The van der Waals surface area contributed by atoms with Gasteiger partial charge in [-0.15, -0.1) is 0 Å². The molecule has 0 spiro atoms. The van der Waals surface area contributed by atoms with Gasteiger partial charge in [0.15, 0.2) is 0 Å². The number of hydrogen-bond donors (Lipinski definition) is 0. The quantitative estimate of drug-likeness (QED) is 0.510. The van der Waals surface area contributed by atoms with Gasteiger partial charge in [0.2, 0.25) is 0 Å². The van der Waals surface area contributed by atoms with Gasteiger partial charge in [-0.1, -0.05) is 62.0 Å². The van der Waals surface area contributed by atoms with Gasteiger partial charge in [0.25, 0.3) is 0 Å². The Balaban J connectivity index is 2.58. The van der Waals surface area contributed by atoms with Crippen molar-refractivity contribution in [2.75, 3.05) is 0 Å². The summed E-state index contributed by atoms with van der Waals surface area (Å²) in [5, 5.41) is 2.06. The van der Waals surface area contributed by atoms with E-state index in [0.717, 1.165) is 35.7 Å². The highest BCUT2D eigenvalue weighted by Crippen LogP contribution is 2.54. The van der Waals surface area contributed by atoms with E-state index in [1.807, 2.05) is 0 Å². The van der Waals surface area contributed by atoms with E-state index >= 15 is 0 Å². The molecule has 0 aliphatic heterocycles. The van der Waals surface area contributed by atoms with Crippen LogP contribution < -0.4 is 0 Å². The first-order chi connectivity index (χ1) is 9.75. The Morgan fingerprint density at radius 2 is 1.14 bits per heavy atom. The molecule has 0 saturated heterocycles. The minimum atomic E-state index is -0.0157. The van der Waals surface area contributed by atoms with Gasteiger partial charge in [0, 0.05) is 28.3 Å². The Hall–Kier alpha value is -0.460. The summed E-state index contributed by atoms with van der Waals surface area (Å²) >= 11 is 13.0. The van der Waals surface area contributed by atoms with Crippen molar-refractivity contribution in [2.24, 2.45) is 5.41 Å². The van der Waals surface area contributed by atoms with Crippen molar-refractivity contribution in [3.8, 4) is 0 Å². The van der Waals surface area contributed by atoms with Gasteiger partial charge >= 0.3 is 0 Å². The fourth-order valence-electron chi connectivity index (χ4n) is 4.33. The van der Waals surface area contributed by atoms with E-state index in [4.69, 9.17) is 23.2 Å². The first-order valence-electron chi connectivity index (χ1n) is 7.91. The molecule has 21 heavy (non-hydrogen) atoms. The minimum absolute atomic E-state index is 0.0157. The van der Waals surface area contributed by atoms with Crippen LogP contribution in [-0.2, 0) is 0 Å². The van der Waals surface area contributed by atoms with E-state index < -0.39 is 0 Å². The van der Waals surface area contributed by atoms with E-state index in [0.29, 0.717) is 0 Å². The van der Waals surface area contributed by atoms with Crippen LogP contribution in [0, 0.1) is 5.41 Å². The lowest BCUT2D eigenvalue weighted by atomic mass is 9.70. The van der Waals surface area contributed by atoms with Gasteiger partial charge in [0.05, 0.1) is 0 Å². The van der Waals surface area contributed by atoms with Crippen molar-refractivity contribution in [3.05, 3.63) is 43.5 Å². The molecule has 2 heteroatoms. The van der Waals surface area contributed by atoms with E-state index in [-0.39, 0.29) is 5.41 Å². The van der Waals surface area contributed by atoms with Crippen molar-refractivity contribution in [3.63, 3.8) is 0 Å².